The zero-order valence-electron chi connectivity index (χ0n) is 19.0. The van der Waals surface area contributed by atoms with Crippen molar-refractivity contribution >= 4 is 11.9 Å². The van der Waals surface area contributed by atoms with Crippen molar-refractivity contribution in [3.63, 3.8) is 0 Å². The SMILES string of the molecule is COc1ccccc1C(=O)NCC1(c2ccccc2)CCC(N/C(=N/C#N)NC2CC2)CC1. The second kappa shape index (κ2) is 10.4. The number of guanidine groups is 1. The summed E-state index contributed by atoms with van der Waals surface area (Å²) >= 11 is 0. The lowest BCUT2D eigenvalue weighted by Gasteiger charge is -2.41. The molecule has 1 amide bonds. The number of para-hydroxylation sites is 1. The van der Waals surface area contributed by atoms with E-state index in [-0.39, 0.29) is 17.4 Å². The van der Waals surface area contributed by atoms with Gasteiger partial charge in [-0.15, -0.1) is 4.99 Å². The number of methoxy groups -OCH3 is 1. The van der Waals surface area contributed by atoms with Crippen LogP contribution >= 0.6 is 0 Å². The van der Waals surface area contributed by atoms with Gasteiger partial charge in [0.15, 0.2) is 0 Å². The van der Waals surface area contributed by atoms with Crippen LogP contribution in [0, 0.1) is 11.5 Å². The third-order valence-electron chi connectivity index (χ3n) is 6.69. The topological polar surface area (TPSA) is 98.5 Å². The molecule has 4 rings (SSSR count). The Balaban J connectivity index is 1.44. The van der Waals surface area contributed by atoms with Crippen molar-refractivity contribution in [2.24, 2.45) is 4.99 Å². The largest absolute Gasteiger partial charge is 0.496 e. The van der Waals surface area contributed by atoms with Gasteiger partial charge in [-0.25, -0.2) is 0 Å². The van der Waals surface area contributed by atoms with Crippen LogP contribution in [-0.2, 0) is 5.41 Å². The molecule has 172 valence electrons. The predicted octanol–water partition coefficient (Wildman–Crippen LogP) is 3.48. The number of aliphatic imine (C=N–C) groups is 1. The van der Waals surface area contributed by atoms with Gasteiger partial charge in [-0.3, -0.25) is 4.79 Å². The lowest BCUT2D eigenvalue weighted by Crippen LogP contribution is -2.50. The molecule has 0 radical (unpaired) electrons. The molecule has 2 fully saturated rings. The average Bonchev–Trinajstić information content (AvgIpc) is 3.68. The van der Waals surface area contributed by atoms with Gasteiger partial charge < -0.3 is 20.7 Å². The number of rotatable bonds is 7. The van der Waals surface area contributed by atoms with E-state index in [0.29, 0.717) is 29.9 Å². The van der Waals surface area contributed by atoms with Gasteiger partial charge in [-0.1, -0.05) is 42.5 Å². The number of hydrogen-bond acceptors (Lipinski definition) is 4. The fourth-order valence-corrected chi connectivity index (χ4v) is 4.62. The first-order valence-corrected chi connectivity index (χ1v) is 11.6. The van der Waals surface area contributed by atoms with E-state index < -0.39 is 0 Å². The molecule has 0 spiro atoms. The summed E-state index contributed by atoms with van der Waals surface area (Å²) in [6, 6.07) is 18.4. The Bertz CT molecular complexity index is 1020. The van der Waals surface area contributed by atoms with Crippen LogP contribution in [0.25, 0.3) is 0 Å². The van der Waals surface area contributed by atoms with Gasteiger partial charge in [0.25, 0.3) is 5.91 Å². The number of benzene rings is 2. The van der Waals surface area contributed by atoms with Crippen LogP contribution in [0.1, 0.15) is 54.4 Å². The Morgan fingerprint density at radius 3 is 2.30 bits per heavy atom. The highest BCUT2D eigenvalue weighted by atomic mass is 16.5. The van der Waals surface area contributed by atoms with E-state index in [1.54, 1.807) is 19.2 Å². The van der Waals surface area contributed by atoms with Crippen molar-refractivity contribution in [3.8, 4) is 11.9 Å². The Hall–Kier alpha value is -3.53. The number of nitrogens with one attached hydrogen (secondary N) is 3. The van der Waals surface area contributed by atoms with E-state index in [0.717, 1.165) is 38.5 Å². The summed E-state index contributed by atoms with van der Waals surface area (Å²) < 4.78 is 5.36. The predicted molar refractivity (Wildman–Crippen MR) is 128 cm³/mol. The van der Waals surface area contributed by atoms with E-state index in [9.17, 15) is 4.79 Å². The molecular weight excluding hydrogens is 414 g/mol. The molecule has 3 N–H and O–H groups in total. The minimum Gasteiger partial charge on any atom is -0.496 e. The normalized spacial score (nSPS) is 22.7. The minimum absolute atomic E-state index is 0.125. The first-order chi connectivity index (χ1) is 16.1. The molecule has 0 heterocycles. The van der Waals surface area contributed by atoms with Gasteiger partial charge >= 0.3 is 0 Å². The van der Waals surface area contributed by atoms with Gasteiger partial charge in [-0.05, 0) is 56.2 Å². The van der Waals surface area contributed by atoms with Crippen molar-refractivity contribution in [2.75, 3.05) is 13.7 Å². The molecule has 33 heavy (non-hydrogen) atoms. The highest BCUT2D eigenvalue weighted by Crippen LogP contribution is 2.39. The Kier molecular flexibility index (Phi) is 7.13. The number of ether oxygens (including phenoxy) is 1. The van der Waals surface area contributed by atoms with Crippen molar-refractivity contribution in [2.45, 2.75) is 56.0 Å². The maximum Gasteiger partial charge on any atom is 0.255 e. The molecule has 2 aromatic carbocycles. The fraction of sp³-hybridized carbons (Fsp3) is 0.423. The highest BCUT2D eigenvalue weighted by molar-refractivity contribution is 5.97. The first-order valence-electron chi connectivity index (χ1n) is 11.6. The van der Waals surface area contributed by atoms with Gasteiger partial charge in [-0.2, -0.15) is 5.26 Å². The summed E-state index contributed by atoms with van der Waals surface area (Å²) in [7, 11) is 1.58. The lowest BCUT2D eigenvalue weighted by molar-refractivity contribution is 0.0932. The number of carbonyl (C=O) groups is 1. The summed E-state index contributed by atoms with van der Waals surface area (Å²) in [5.74, 6) is 1.03. The van der Waals surface area contributed by atoms with E-state index >= 15 is 0 Å². The van der Waals surface area contributed by atoms with Crippen LogP contribution in [0.2, 0.25) is 0 Å². The minimum atomic E-state index is -0.145. The Morgan fingerprint density at radius 2 is 1.67 bits per heavy atom. The summed E-state index contributed by atoms with van der Waals surface area (Å²) in [4.78, 5) is 16.9. The van der Waals surface area contributed by atoms with Crippen LogP contribution in [0.4, 0.5) is 0 Å². The van der Waals surface area contributed by atoms with E-state index in [2.05, 4.69) is 45.2 Å². The molecule has 7 nitrogen and oxygen atoms in total. The Morgan fingerprint density at radius 1 is 1.03 bits per heavy atom. The number of hydrogen-bond donors (Lipinski definition) is 3. The van der Waals surface area contributed by atoms with Crippen molar-refractivity contribution in [1.29, 1.82) is 5.26 Å². The second-order valence-corrected chi connectivity index (χ2v) is 8.93. The molecule has 7 heteroatoms. The summed E-state index contributed by atoms with van der Waals surface area (Å²) in [6.07, 6.45) is 7.84. The molecule has 2 aromatic rings. The molecule has 2 saturated carbocycles. The number of nitrogens with zero attached hydrogens (tertiary/aromatic N) is 2. The summed E-state index contributed by atoms with van der Waals surface area (Å²) in [5.41, 5.74) is 1.64. The maximum atomic E-state index is 13.0. The smallest absolute Gasteiger partial charge is 0.255 e. The Labute approximate surface area is 195 Å². The standard InChI is InChI=1S/C26H31N5O2/c1-33-23-10-6-5-9-22(23)24(32)28-17-26(19-7-3-2-4-8-19)15-13-21(14-16-26)31-25(29-18-27)30-20-11-12-20/h2-10,20-21H,11-17H2,1H3,(H,28,32)(H2,29,30,31). The van der Waals surface area contributed by atoms with Crippen LogP contribution in [0.5, 0.6) is 5.75 Å². The zero-order valence-corrected chi connectivity index (χ0v) is 19.0. The number of nitriles is 1. The molecular formula is C26H31N5O2. The van der Waals surface area contributed by atoms with Gasteiger partial charge in [0, 0.05) is 24.0 Å². The van der Waals surface area contributed by atoms with Gasteiger partial charge in [0.2, 0.25) is 12.2 Å². The van der Waals surface area contributed by atoms with Crippen LogP contribution in [-0.4, -0.2) is 37.6 Å². The molecule has 0 atom stereocenters. The van der Waals surface area contributed by atoms with Crippen LogP contribution in [0.3, 0.4) is 0 Å². The van der Waals surface area contributed by atoms with Crippen molar-refractivity contribution < 1.29 is 9.53 Å². The fourth-order valence-electron chi connectivity index (χ4n) is 4.62. The molecule has 2 aliphatic carbocycles. The summed E-state index contributed by atoms with van der Waals surface area (Å²) in [6.45, 7) is 0.556. The van der Waals surface area contributed by atoms with Gasteiger partial charge in [0.05, 0.1) is 12.7 Å². The molecule has 0 aromatic heterocycles. The van der Waals surface area contributed by atoms with Crippen molar-refractivity contribution in [1.82, 2.24) is 16.0 Å². The summed E-state index contributed by atoms with van der Waals surface area (Å²) in [5, 5.41) is 18.9. The molecule has 0 saturated heterocycles. The average molecular weight is 446 g/mol. The highest BCUT2D eigenvalue weighted by Gasteiger charge is 2.38. The molecule has 2 aliphatic rings. The molecule has 0 bridgehead atoms. The second-order valence-electron chi connectivity index (χ2n) is 8.93. The van der Waals surface area contributed by atoms with E-state index in [1.807, 2.05) is 24.4 Å². The number of amides is 1. The van der Waals surface area contributed by atoms with E-state index in [1.165, 1.54) is 5.56 Å². The third kappa shape index (κ3) is 5.64. The van der Waals surface area contributed by atoms with Crippen LogP contribution in [0.15, 0.2) is 59.6 Å². The first kappa shape index (κ1) is 22.7. The molecule has 0 unspecified atom stereocenters. The van der Waals surface area contributed by atoms with Crippen molar-refractivity contribution in [3.05, 3.63) is 65.7 Å². The number of carbonyl (C=O) groups excluding carboxylic acids is 1. The third-order valence-corrected chi connectivity index (χ3v) is 6.69. The van der Waals surface area contributed by atoms with Crippen LogP contribution < -0.4 is 20.7 Å². The zero-order chi connectivity index (χ0) is 23.1. The lowest BCUT2D eigenvalue weighted by atomic mass is 9.68. The van der Waals surface area contributed by atoms with Gasteiger partial charge in [0.1, 0.15) is 5.75 Å². The molecule has 0 aliphatic heterocycles. The van der Waals surface area contributed by atoms with E-state index in [4.69, 9.17) is 10.00 Å². The quantitative estimate of drug-likeness (QED) is 0.344. The monoisotopic (exact) mass is 445 g/mol. The maximum absolute atomic E-state index is 13.0.